The summed E-state index contributed by atoms with van der Waals surface area (Å²) in [6, 6.07) is 9.64. The molecule has 3 rings (SSSR count). The SMILES string of the molecule is CN(C)CCN(C)C(=O)O[C@@H](CC/C=C/C(=O)N(C)C)C(=O)Cc1cccn(Cc2cc3cc(F)ccc3n2C)c1=O. The van der Waals surface area contributed by atoms with E-state index < -0.39 is 18.0 Å². The van der Waals surface area contributed by atoms with Gasteiger partial charge in [0.25, 0.3) is 5.56 Å². The summed E-state index contributed by atoms with van der Waals surface area (Å²) in [6.07, 6.45) is 3.21. The number of hydrogen-bond donors (Lipinski definition) is 0. The van der Waals surface area contributed by atoms with Crippen molar-refractivity contribution in [2.45, 2.75) is 31.9 Å². The fourth-order valence-electron chi connectivity index (χ4n) is 4.37. The van der Waals surface area contributed by atoms with Gasteiger partial charge in [-0.15, -0.1) is 0 Å². The van der Waals surface area contributed by atoms with Crippen LogP contribution < -0.4 is 5.56 Å². The lowest BCUT2D eigenvalue weighted by molar-refractivity contribution is -0.127. The van der Waals surface area contributed by atoms with Crippen LogP contribution in [0.25, 0.3) is 10.9 Å². The van der Waals surface area contributed by atoms with Gasteiger partial charge in [0.05, 0.1) is 6.54 Å². The first kappa shape index (κ1) is 32.3. The molecular formula is C31H40FN5O5. The Hall–Kier alpha value is -4.25. The van der Waals surface area contributed by atoms with Crippen molar-refractivity contribution in [1.29, 1.82) is 0 Å². The summed E-state index contributed by atoms with van der Waals surface area (Å²) in [5.41, 5.74) is 1.57. The van der Waals surface area contributed by atoms with Gasteiger partial charge in [-0.1, -0.05) is 12.1 Å². The molecule has 0 unspecified atom stereocenters. The first-order chi connectivity index (χ1) is 19.9. The zero-order valence-corrected chi connectivity index (χ0v) is 25.2. The first-order valence-corrected chi connectivity index (χ1v) is 13.8. The highest BCUT2D eigenvalue weighted by atomic mass is 19.1. The van der Waals surface area contributed by atoms with Crippen molar-refractivity contribution in [1.82, 2.24) is 23.8 Å². The molecule has 0 bridgehead atoms. The maximum Gasteiger partial charge on any atom is 0.410 e. The van der Waals surface area contributed by atoms with Gasteiger partial charge in [0, 0.05) is 76.1 Å². The van der Waals surface area contributed by atoms with Crippen molar-refractivity contribution in [3.8, 4) is 0 Å². The molecule has 42 heavy (non-hydrogen) atoms. The lowest BCUT2D eigenvalue weighted by Crippen LogP contribution is -2.38. The van der Waals surface area contributed by atoms with Gasteiger partial charge in [-0.2, -0.15) is 0 Å². The molecule has 2 amide bonds. The second-order valence-corrected chi connectivity index (χ2v) is 10.8. The van der Waals surface area contributed by atoms with Gasteiger partial charge in [0.1, 0.15) is 5.82 Å². The predicted octanol–water partition coefficient (Wildman–Crippen LogP) is 3.06. The van der Waals surface area contributed by atoms with E-state index in [-0.39, 0.29) is 42.2 Å². The van der Waals surface area contributed by atoms with Gasteiger partial charge in [-0.05, 0) is 63.3 Å². The summed E-state index contributed by atoms with van der Waals surface area (Å²) in [5, 5.41) is 0.730. The predicted molar refractivity (Wildman–Crippen MR) is 160 cm³/mol. The number of allylic oxidation sites excluding steroid dienone is 1. The van der Waals surface area contributed by atoms with E-state index in [1.54, 1.807) is 51.6 Å². The number of carbonyl (C=O) groups is 3. The number of rotatable bonds is 13. The average molecular weight is 582 g/mol. The average Bonchev–Trinajstić information content (AvgIpc) is 3.24. The number of Topliss-reactive ketones (excluding diaryl/α,β-unsaturated/α-hetero) is 1. The molecule has 0 fully saturated rings. The molecule has 226 valence electrons. The molecule has 2 heterocycles. The van der Waals surface area contributed by atoms with E-state index in [1.807, 2.05) is 36.7 Å². The molecule has 0 saturated carbocycles. The van der Waals surface area contributed by atoms with E-state index in [0.717, 1.165) is 16.6 Å². The smallest absolute Gasteiger partial charge is 0.410 e. The van der Waals surface area contributed by atoms with Gasteiger partial charge in [0.15, 0.2) is 11.9 Å². The van der Waals surface area contributed by atoms with Gasteiger partial charge in [-0.25, -0.2) is 9.18 Å². The van der Waals surface area contributed by atoms with E-state index in [4.69, 9.17) is 4.74 Å². The van der Waals surface area contributed by atoms with Crippen molar-refractivity contribution in [3.05, 3.63) is 82.2 Å². The number of aromatic nitrogens is 2. The van der Waals surface area contributed by atoms with E-state index >= 15 is 0 Å². The van der Waals surface area contributed by atoms with Crippen LogP contribution in [-0.4, -0.2) is 96.0 Å². The number of halogens is 1. The highest BCUT2D eigenvalue weighted by molar-refractivity contribution is 5.88. The Morgan fingerprint density at radius 3 is 2.48 bits per heavy atom. The van der Waals surface area contributed by atoms with Crippen molar-refractivity contribution in [2.24, 2.45) is 7.05 Å². The molecule has 3 aromatic rings. The van der Waals surface area contributed by atoms with Crippen LogP contribution in [0.2, 0.25) is 0 Å². The fraction of sp³-hybridized carbons (Fsp3) is 0.419. The highest BCUT2D eigenvalue weighted by Crippen LogP contribution is 2.20. The number of ketones is 1. The first-order valence-electron chi connectivity index (χ1n) is 13.8. The molecule has 0 aliphatic heterocycles. The number of carbonyl (C=O) groups excluding carboxylic acids is 3. The summed E-state index contributed by atoms with van der Waals surface area (Å²) >= 11 is 0. The molecular weight excluding hydrogens is 541 g/mol. The second-order valence-electron chi connectivity index (χ2n) is 10.8. The minimum absolute atomic E-state index is 0.164. The van der Waals surface area contributed by atoms with Crippen molar-refractivity contribution in [3.63, 3.8) is 0 Å². The number of pyridine rings is 1. The molecule has 0 aliphatic rings. The van der Waals surface area contributed by atoms with Gasteiger partial charge in [-0.3, -0.25) is 14.4 Å². The lowest BCUT2D eigenvalue weighted by atomic mass is 10.0. The largest absolute Gasteiger partial charge is 0.438 e. The molecule has 1 atom stereocenters. The number of aryl methyl sites for hydroxylation is 1. The number of likely N-dealkylation sites (N-methyl/N-ethyl adjacent to an activating group) is 3. The molecule has 0 spiro atoms. The van der Waals surface area contributed by atoms with Crippen LogP contribution in [0.3, 0.4) is 0 Å². The summed E-state index contributed by atoms with van der Waals surface area (Å²) < 4.78 is 22.7. The summed E-state index contributed by atoms with van der Waals surface area (Å²) in [6.45, 7) is 1.26. The number of fused-ring (bicyclic) bond motifs is 1. The minimum atomic E-state index is -1.10. The maximum absolute atomic E-state index is 13.7. The Balaban J connectivity index is 1.78. The quantitative estimate of drug-likeness (QED) is 0.288. The van der Waals surface area contributed by atoms with E-state index in [1.165, 1.54) is 32.6 Å². The third-order valence-corrected chi connectivity index (χ3v) is 6.99. The van der Waals surface area contributed by atoms with Crippen LogP contribution in [0.4, 0.5) is 9.18 Å². The molecule has 10 nitrogen and oxygen atoms in total. The van der Waals surface area contributed by atoms with Crippen LogP contribution in [0, 0.1) is 5.82 Å². The van der Waals surface area contributed by atoms with Gasteiger partial charge >= 0.3 is 6.09 Å². The van der Waals surface area contributed by atoms with Gasteiger partial charge in [0.2, 0.25) is 5.91 Å². The summed E-state index contributed by atoms with van der Waals surface area (Å²) in [4.78, 5) is 56.1. The van der Waals surface area contributed by atoms with Crippen molar-refractivity contribution >= 4 is 28.7 Å². The second kappa shape index (κ2) is 14.6. The molecule has 0 N–H and O–H groups in total. The lowest BCUT2D eigenvalue weighted by Gasteiger charge is -2.23. The normalized spacial score (nSPS) is 12.2. The molecule has 11 heteroatoms. The van der Waals surface area contributed by atoms with Crippen LogP contribution in [0.15, 0.2) is 59.5 Å². The van der Waals surface area contributed by atoms with Crippen molar-refractivity contribution < 1.29 is 23.5 Å². The monoisotopic (exact) mass is 581 g/mol. The van der Waals surface area contributed by atoms with E-state index in [0.29, 0.717) is 19.5 Å². The van der Waals surface area contributed by atoms with Crippen LogP contribution in [0.5, 0.6) is 0 Å². The highest BCUT2D eigenvalue weighted by Gasteiger charge is 2.25. The molecule has 0 saturated heterocycles. The Morgan fingerprint density at radius 1 is 1.05 bits per heavy atom. The number of hydrogen-bond acceptors (Lipinski definition) is 6. The standard InChI is InChI=1S/C31H40FN5O5/c1-33(2)16-17-35(5)31(41)42-28(11-7-8-12-29(39)34(3)4)27(38)20-22-10-9-15-37(30(22)40)21-25-19-23-18-24(32)13-14-26(23)36(25)6/h8-10,12-15,18-19,28H,7,11,16-17,20-21H2,1-6H3/b12-8+/t28-/m0/s1. The number of nitrogens with zero attached hydrogens (tertiary/aromatic N) is 5. The summed E-state index contributed by atoms with van der Waals surface area (Å²) in [7, 11) is 10.5. The zero-order valence-electron chi connectivity index (χ0n) is 25.2. The summed E-state index contributed by atoms with van der Waals surface area (Å²) in [5.74, 6) is -0.942. The van der Waals surface area contributed by atoms with Crippen LogP contribution in [-0.2, 0) is 34.3 Å². The van der Waals surface area contributed by atoms with Crippen molar-refractivity contribution in [2.75, 3.05) is 48.3 Å². The minimum Gasteiger partial charge on any atom is -0.438 e. The maximum atomic E-state index is 13.7. The number of ether oxygens (including phenoxy) is 1. The molecule has 0 aliphatic carbocycles. The Labute approximate surface area is 245 Å². The number of amides is 2. The van der Waals surface area contributed by atoms with E-state index in [2.05, 4.69) is 0 Å². The third kappa shape index (κ3) is 8.62. The Morgan fingerprint density at radius 2 is 1.79 bits per heavy atom. The molecule has 0 radical (unpaired) electrons. The third-order valence-electron chi connectivity index (χ3n) is 6.99. The molecule has 1 aromatic carbocycles. The van der Waals surface area contributed by atoms with Gasteiger partial charge < -0.3 is 28.6 Å². The van der Waals surface area contributed by atoms with E-state index in [9.17, 15) is 23.6 Å². The Bertz CT molecular complexity index is 1510. The zero-order chi connectivity index (χ0) is 31.0. The number of benzene rings is 1. The topological polar surface area (TPSA) is 97.1 Å². The Kier molecular flexibility index (Phi) is 11.2. The fourth-order valence-corrected chi connectivity index (χ4v) is 4.37. The molecule has 2 aromatic heterocycles. The van der Waals surface area contributed by atoms with Crippen LogP contribution >= 0.6 is 0 Å². The van der Waals surface area contributed by atoms with Crippen LogP contribution in [0.1, 0.15) is 24.1 Å².